The Morgan fingerprint density at radius 3 is 2.30 bits per heavy atom. The molecule has 4 heteroatoms. The van der Waals surface area contributed by atoms with Crippen LogP contribution in [0.4, 0.5) is 0 Å². The van der Waals surface area contributed by atoms with Crippen molar-refractivity contribution in [2.45, 2.75) is 52.7 Å². The SMILES string of the molecule is CN=C(NCc1ccccc1CN(C)C)NC(C)CCC(C)C. The number of hydrogen-bond donors (Lipinski definition) is 2. The Balaban J connectivity index is 2.55. The van der Waals surface area contributed by atoms with Crippen LogP contribution in [-0.2, 0) is 13.1 Å². The van der Waals surface area contributed by atoms with E-state index in [0.29, 0.717) is 6.04 Å². The zero-order chi connectivity index (χ0) is 17.2. The van der Waals surface area contributed by atoms with Gasteiger partial charge in [-0.2, -0.15) is 0 Å². The van der Waals surface area contributed by atoms with Gasteiger partial charge in [0.25, 0.3) is 0 Å². The van der Waals surface area contributed by atoms with Gasteiger partial charge in [-0.1, -0.05) is 38.1 Å². The fourth-order valence-corrected chi connectivity index (χ4v) is 2.49. The molecule has 1 atom stereocenters. The molecule has 4 nitrogen and oxygen atoms in total. The molecule has 0 heterocycles. The van der Waals surface area contributed by atoms with Crippen LogP contribution in [0, 0.1) is 5.92 Å². The van der Waals surface area contributed by atoms with Crippen LogP contribution in [0.3, 0.4) is 0 Å². The second-order valence-corrected chi connectivity index (χ2v) is 6.95. The number of aliphatic imine (C=N–C) groups is 1. The first-order chi connectivity index (χ1) is 10.9. The van der Waals surface area contributed by atoms with Gasteiger partial charge in [0.2, 0.25) is 0 Å². The maximum atomic E-state index is 4.34. The molecule has 0 radical (unpaired) electrons. The van der Waals surface area contributed by atoms with Crippen LogP contribution in [-0.4, -0.2) is 38.0 Å². The molecule has 2 N–H and O–H groups in total. The molecule has 0 fully saturated rings. The Bertz CT molecular complexity index is 480. The normalized spacial score (nSPS) is 13.5. The summed E-state index contributed by atoms with van der Waals surface area (Å²) in [4.78, 5) is 6.54. The Hall–Kier alpha value is -1.55. The minimum Gasteiger partial charge on any atom is -0.354 e. The summed E-state index contributed by atoms with van der Waals surface area (Å²) in [5.41, 5.74) is 2.67. The number of rotatable bonds is 8. The summed E-state index contributed by atoms with van der Waals surface area (Å²) < 4.78 is 0. The molecular weight excluding hydrogens is 284 g/mol. The molecule has 0 spiro atoms. The van der Waals surface area contributed by atoms with Crippen LogP contribution >= 0.6 is 0 Å². The van der Waals surface area contributed by atoms with Gasteiger partial charge >= 0.3 is 0 Å². The molecule has 0 aromatic heterocycles. The molecule has 0 saturated carbocycles. The Kier molecular flexibility index (Phi) is 8.70. The van der Waals surface area contributed by atoms with E-state index in [-0.39, 0.29) is 0 Å². The number of benzene rings is 1. The standard InChI is InChI=1S/C19H34N4/c1-15(2)11-12-16(3)22-19(20-4)21-13-17-9-7-8-10-18(17)14-23(5)6/h7-10,15-16H,11-14H2,1-6H3,(H2,20,21,22). The van der Waals surface area contributed by atoms with Crippen molar-refractivity contribution in [3.8, 4) is 0 Å². The number of nitrogens with zero attached hydrogens (tertiary/aromatic N) is 2. The summed E-state index contributed by atoms with van der Waals surface area (Å²) in [7, 11) is 6.03. The Morgan fingerprint density at radius 1 is 1.09 bits per heavy atom. The molecule has 0 amide bonds. The minimum atomic E-state index is 0.431. The van der Waals surface area contributed by atoms with Crippen molar-refractivity contribution in [3.63, 3.8) is 0 Å². The first-order valence-electron chi connectivity index (χ1n) is 8.61. The summed E-state index contributed by atoms with van der Waals surface area (Å²) in [5, 5.41) is 6.92. The predicted molar refractivity (Wildman–Crippen MR) is 101 cm³/mol. The average molecular weight is 319 g/mol. The predicted octanol–water partition coefficient (Wildman–Crippen LogP) is 3.24. The molecule has 0 aliphatic heterocycles. The second-order valence-electron chi connectivity index (χ2n) is 6.95. The fourth-order valence-electron chi connectivity index (χ4n) is 2.49. The highest BCUT2D eigenvalue weighted by molar-refractivity contribution is 5.79. The lowest BCUT2D eigenvalue weighted by atomic mass is 10.0. The largest absolute Gasteiger partial charge is 0.354 e. The van der Waals surface area contributed by atoms with E-state index in [1.807, 2.05) is 7.05 Å². The van der Waals surface area contributed by atoms with Gasteiger partial charge in [-0.3, -0.25) is 4.99 Å². The second kappa shape index (κ2) is 10.3. The maximum absolute atomic E-state index is 4.34. The molecule has 0 bridgehead atoms. The molecule has 0 aliphatic rings. The van der Waals surface area contributed by atoms with Gasteiger partial charge in [0.05, 0.1) is 0 Å². The van der Waals surface area contributed by atoms with E-state index >= 15 is 0 Å². The van der Waals surface area contributed by atoms with E-state index in [4.69, 9.17) is 0 Å². The highest BCUT2D eigenvalue weighted by atomic mass is 15.2. The first-order valence-corrected chi connectivity index (χ1v) is 8.61. The third-order valence-electron chi connectivity index (χ3n) is 3.83. The minimum absolute atomic E-state index is 0.431. The van der Waals surface area contributed by atoms with Crippen molar-refractivity contribution >= 4 is 5.96 Å². The number of hydrogen-bond acceptors (Lipinski definition) is 2. The van der Waals surface area contributed by atoms with Gasteiger partial charge in [0.15, 0.2) is 5.96 Å². The summed E-state index contributed by atoms with van der Waals surface area (Å²) in [5.74, 6) is 1.62. The zero-order valence-electron chi connectivity index (χ0n) is 15.7. The zero-order valence-corrected chi connectivity index (χ0v) is 15.7. The van der Waals surface area contributed by atoms with Gasteiger partial charge in [-0.05, 0) is 50.9 Å². The lowest BCUT2D eigenvalue weighted by molar-refractivity contribution is 0.400. The van der Waals surface area contributed by atoms with Crippen LogP contribution in [0.5, 0.6) is 0 Å². The van der Waals surface area contributed by atoms with Crippen molar-refractivity contribution < 1.29 is 0 Å². The molecule has 0 aliphatic carbocycles. The van der Waals surface area contributed by atoms with Crippen molar-refractivity contribution in [2.24, 2.45) is 10.9 Å². The van der Waals surface area contributed by atoms with Gasteiger partial charge in [0.1, 0.15) is 0 Å². The third-order valence-corrected chi connectivity index (χ3v) is 3.83. The third kappa shape index (κ3) is 8.03. The fraction of sp³-hybridized carbons (Fsp3) is 0.632. The summed E-state index contributed by atoms with van der Waals surface area (Å²) in [6, 6.07) is 9.00. The number of guanidine groups is 1. The van der Waals surface area contributed by atoms with Crippen LogP contribution in [0.25, 0.3) is 0 Å². The highest BCUT2D eigenvalue weighted by Gasteiger charge is 2.08. The molecule has 1 aromatic carbocycles. The van der Waals surface area contributed by atoms with Crippen LogP contribution in [0.1, 0.15) is 44.7 Å². The van der Waals surface area contributed by atoms with E-state index in [1.54, 1.807) is 0 Å². The van der Waals surface area contributed by atoms with E-state index in [9.17, 15) is 0 Å². The summed E-state index contributed by atoms with van der Waals surface area (Å²) in [6.07, 6.45) is 2.40. The monoisotopic (exact) mass is 318 g/mol. The van der Waals surface area contributed by atoms with Crippen LogP contribution in [0.2, 0.25) is 0 Å². The van der Waals surface area contributed by atoms with Crippen LogP contribution in [0.15, 0.2) is 29.3 Å². The maximum Gasteiger partial charge on any atom is 0.191 e. The Morgan fingerprint density at radius 2 is 1.74 bits per heavy atom. The molecule has 0 saturated heterocycles. The molecule has 1 aromatic rings. The van der Waals surface area contributed by atoms with E-state index in [0.717, 1.165) is 31.4 Å². The van der Waals surface area contributed by atoms with Gasteiger partial charge in [-0.25, -0.2) is 0 Å². The van der Waals surface area contributed by atoms with Crippen LogP contribution < -0.4 is 10.6 Å². The molecule has 23 heavy (non-hydrogen) atoms. The topological polar surface area (TPSA) is 39.7 Å². The molecule has 130 valence electrons. The van der Waals surface area contributed by atoms with Crippen molar-refractivity contribution in [1.29, 1.82) is 0 Å². The van der Waals surface area contributed by atoms with Crippen molar-refractivity contribution in [1.82, 2.24) is 15.5 Å². The molecular formula is C19H34N4. The first kappa shape index (κ1) is 19.5. The lowest BCUT2D eigenvalue weighted by Crippen LogP contribution is -2.42. The Labute approximate surface area is 142 Å². The quantitative estimate of drug-likeness (QED) is 0.571. The average Bonchev–Trinajstić information content (AvgIpc) is 2.50. The number of nitrogens with one attached hydrogen (secondary N) is 2. The summed E-state index contributed by atoms with van der Waals surface area (Å²) in [6.45, 7) is 8.49. The summed E-state index contributed by atoms with van der Waals surface area (Å²) >= 11 is 0. The molecule has 1 unspecified atom stereocenters. The molecule has 1 rings (SSSR count). The van der Waals surface area contributed by atoms with Gasteiger partial charge < -0.3 is 15.5 Å². The van der Waals surface area contributed by atoms with E-state index < -0.39 is 0 Å². The van der Waals surface area contributed by atoms with Gasteiger partial charge in [0, 0.05) is 26.2 Å². The van der Waals surface area contributed by atoms with E-state index in [1.165, 1.54) is 17.5 Å². The van der Waals surface area contributed by atoms with Gasteiger partial charge in [-0.15, -0.1) is 0 Å². The van der Waals surface area contributed by atoms with Crippen molar-refractivity contribution in [3.05, 3.63) is 35.4 Å². The highest BCUT2D eigenvalue weighted by Crippen LogP contribution is 2.10. The van der Waals surface area contributed by atoms with E-state index in [2.05, 4.69) is 79.7 Å². The lowest BCUT2D eigenvalue weighted by Gasteiger charge is -2.20. The van der Waals surface area contributed by atoms with Crippen molar-refractivity contribution in [2.75, 3.05) is 21.1 Å². The smallest absolute Gasteiger partial charge is 0.191 e.